The van der Waals surface area contributed by atoms with Crippen molar-refractivity contribution in [3.05, 3.63) is 0 Å². The minimum Gasteiger partial charge on any atom is -0.299 e. The van der Waals surface area contributed by atoms with Crippen LogP contribution in [-0.4, -0.2) is 5.78 Å². The van der Waals surface area contributed by atoms with Crippen molar-refractivity contribution in [1.82, 2.24) is 0 Å². The summed E-state index contributed by atoms with van der Waals surface area (Å²) in [6, 6.07) is 0. The highest BCUT2D eigenvalue weighted by Crippen LogP contribution is 2.68. The summed E-state index contributed by atoms with van der Waals surface area (Å²) in [6.07, 6.45) is 4.95. The van der Waals surface area contributed by atoms with Crippen molar-refractivity contribution in [2.75, 3.05) is 0 Å². The highest BCUT2D eigenvalue weighted by atomic mass is 16.1. The van der Waals surface area contributed by atoms with Crippen LogP contribution >= 0.6 is 0 Å². The van der Waals surface area contributed by atoms with Gasteiger partial charge in [-0.3, -0.25) is 4.79 Å². The molecule has 1 heteroatoms. The Balaban J connectivity index is 2.08. The molecule has 5 atom stereocenters. The molecule has 0 radical (unpaired) electrons. The molecule has 0 aromatic carbocycles. The third-order valence-electron chi connectivity index (χ3n) is 6.20. The van der Waals surface area contributed by atoms with Gasteiger partial charge in [0.2, 0.25) is 0 Å². The van der Waals surface area contributed by atoms with E-state index in [4.69, 9.17) is 0 Å². The predicted octanol–water partition coefficient (Wildman–Crippen LogP) is 3.67. The van der Waals surface area contributed by atoms with E-state index in [-0.39, 0.29) is 5.41 Å². The van der Waals surface area contributed by atoms with E-state index in [1.807, 2.05) is 0 Å². The van der Waals surface area contributed by atoms with Gasteiger partial charge in [0.25, 0.3) is 0 Å². The number of rotatable bonds is 0. The second-order valence-electron chi connectivity index (χ2n) is 7.61. The molecule has 1 nitrogen and oxygen atoms in total. The Hall–Kier alpha value is -0.330. The van der Waals surface area contributed by atoms with Gasteiger partial charge in [0.1, 0.15) is 5.78 Å². The number of hydrogen-bond acceptors (Lipinski definition) is 1. The van der Waals surface area contributed by atoms with Gasteiger partial charge in [-0.1, -0.05) is 27.7 Å². The van der Waals surface area contributed by atoms with Crippen LogP contribution in [0.2, 0.25) is 0 Å². The third-order valence-corrected chi connectivity index (χ3v) is 6.20. The fraction of sp³-hybridized carbons (Fsp3) is 0.933. The molecule has 3 saturated carbocycles. The summed E-state index contributed by atoms with van der Waals surface area (Å²) in [6.45, 7) is 9.31. The molecule has 3 rings (SSSR count). The van der Waals surface area contributed by atoms with E-state index in [9.17, 15) is 4.79 Å². The standard InChI is InChI=1S/C15H24O/c1-9-12(16)8-14(2,3)11-7-15(4)6-5-10(11)13(9)15/h9-11,13H,5-8H2,1-4H3/t9-,10?,11?,13?,15?/m0/s1. The summed E-state index contributed by atoms with van der Waals surface area (Å²) in [5, 5.41) is 0. The molecule has 16 heavy (non-hydrogen) atoms. The molecule has 0 heterocycles. The van der Waals surface area contributed by atoms with Crippen LogP contribution in [0.3, 0.4) is 0 Å². The van der Waals surface area contributed by atoms with Crippen molar-refractivity contribution >= 4 is 5.78 Å². The Morgan fingerprint density at radius 1 is 1.25 bits per heavy atom. The Labute approximate surface area is 99.0 Å². The zero-order valence-electron chi connectivity index (χ0n) is 11.0. The number of hydrogen-bond donors (Lipinski definition) is 0. The van der Waals surface area contributed by atoms with Crippen molar-refractivity contribution in [1.29, 1.82) is 0 Å². The second-order valence-corrected chi connectivity index (χ2v) is 7.61. The topological polar surface area (TPSA) is 17.1 Å². The lowest BCUT2D eigenvalue weighted by Crippen LogP contribution is -2.34. The molecular formula is C15H24O. The van der Waals surface area contributed by atoms with Gasteiger partial charge in [0, 0.05) is 12.3 Å². The maximum atomic E-state index is 12.3. The molecule has 0 aromatic heterocycles. The first-order chi connectivity index (χ1) is 7.35. The fourth-order valence-electron chi connectivity index (χ4n) is 5.47. The first kappa shape index (κ1) is 10.8. The minimum atomic E-state index is 0.253. The first-order valence-electron chi connectivity index (χ1n) is 6.88. The summed E-state index contributed by atoms with van der Waals surface area (Å²) in [5.41, 5.74) is 0.741. The zero-order chi connectivity index (χ0) is 11.7. The van der Waals surface area contributed by atoms with E-state index in [1.165, 1.54) is 19.3 Å². The maximum Gasteiger partial charge on any atom is 0.136 e. The average Bonchev–Trinajstić information content (AvgIpc) is 2.63. The molecule has 0 spiro atoms. The monoisotopic (exact) mass is 220 g/mol. The molecule has 0 aliphatic heterocycles. The molecule has 90 valence electrons. The maximum absolute atomic E-state index is 12.3. The van der Waals surface area contributed by atoms with Crippen LogP contribution in [0, 0.1) is 34.5 Å². The van der Waals surface area contributed by atoms with Crippen LogP contribution in [0.5, 0.6) is 0 Å². The third kappa shape index (κ3) is 1.15. The molecular weight excluding hydrogens is 196 g/mol. The van der Waals surface area contributed by atoms with Gasteiger partial charge in [-0.25, -0.2) is 0 Å². The van der Waals surface area contributed by atoms with Crippen molar-refractivity contribution in [2.45, 2.75) is 53.4 Å². The van der Waals surface area contributed by atoms with Crippen molar-refractivity contribution in [3.8, 4) is 0 Å². The van der Waals surface area contributed by atoms with E-state index in [0.717, 1.165) is 18.3 Å². The van der Waals surface area contributed by atoms with E-state index in [0.29, 0.717) is 23.0 Å². The largest absolute Gasteiger partial charge is 0.299 e. The van der Waals surface area contributed by atoms with E-state index < -0.39 is 0 Å². The van der Waals surface area contributed by atoms with Gasteiger partial charge in [-0.05, 0) is 47.8 Å². The lowest BCUT2D eigenvalue weighted by atomic mass is 9.65. The zero-order valence-corrected chi connectivity index (χ0v) is 11.0. The minimum absolute atomic E-state index is 0.253. The highest BCUT2D eigenvalue weighted by Gasteiger charge is 2.62. The van der Waals surface area contributed by atoms with Gasteiger partial charge < -0.3 is 0 Å². The van der Waals surface area contributed by atoms with Crippen molar-refractivity contribution in [2.24, 2.45) is 34.5 Å². The summed E-state index contributed by atoms with van der Waals surface area (Å²) in [7, 11) is 0. The van der Waals surface area contributed by atoms with Crippen LogP contribution in [-0.2, 0) is 4.79 Å². The number of Topliss-reactive ketones (excluding diaryl/α,β-unsaturated/α-hetero) is 1. The average molecular weight is 220 g/mol. The number of ketones is 1. The summed E-state index contributed by atoms with van der Waals surface area (Å²) in [5.74, 6) is 3.22. The van der Waals surface area contributed by atoms with Crippen LogP contribution in [0.25, 0.3) is 0 Å². The highest BCUT2D eigenvalue weighted by molar-refractivity contribution is 5.82. The SMILES string of the molecule is C[C@H]1C(=O)CC(C)(C)C2CC3(C)CCC2C13. The summed E-state index contributed by atoms with van der Waals surface area (Å²) < 4.78 is 0. The molecule has 3 aliphatic carbocycles. The molecule has 0 N–H and O–H groups in total. The Bertz CT molecular complexity index is 343. The number of carbonyl (C=O) groups is 1. The quantitative estimate of drug-likeness (QED) is 0.608. The first-order valence-corrected chi connectivity index (χ1v) is 6.88. The van der Waals surface area contributed by atoms with E-state index in [1.54, 1.807) is 0 Å². The summed E-state index contributed by atoms with van der Waals surface area (Å²) >= 11 is 0. The van der Waals surface area contributed by atoms with Gasteiger partial charge >= 0.3 is 0 Å². The summed E-state index contributed by atoms with van der Waals surface area (Å²) in [4.78, 5) is 12.3. The van der Waals surface area contributed by atoms with Gasteiger partial charge in [-0.15, -0.1) is 0 Å². The molecule has 0 amide bonds. The van der Waals surface area contributed by atoms with Gasteiger partial charge in [0.05, 0.1) is 0 Å². The van der Waals surface area contributed by atoms with Gasteiger partial charge in [0.15, 0.2) is 0 Å². The lowest BCUT2D eigenvalue weighted by molar-refractivity contribution is -0.127. The Morgan fingerprint density at radius 2 is 1.94 bits per heavy atom. The van der Waals surface area contributed by atoms with Crippen LogP contribution in [0.4, 0.5) is 0 Å². The van der Waals surface area contributed by atoms with Crippen LogP contribution in [0.1, 0.15) is 53.4 Å². The smallest absolute Gasteiger partial charge is 0.136 e. The molecule has 3 fully saturated rings. The van der Waals surface area contributed by atoms with E-state index in [2.05, 4.69) is 27.7 Å². The fourth-order valence-corrected chi connectivity index (χ4v) is 5.47. The Kier molecular flexibility index (Phi) is 1.97. The van der Waals surface area contributed by atoms with Crippen molar-refractivity contribution < 1.29 is 4.79 Å². The lowest BCUT2D eigenvalue weighted by Gasteiger charge is -2.39. The van der Waals surface area contributed by atoms with Gasteiger partial charge in [-0.2, -0.15) is 0 Å². The number of carbonyl (C=O) groups excluding carboxylic acids is 1. The molecule has 4 bridgehead atoms. The van der Waals surface area contributed by atoms with Crippen LogP contribution < -0.4 is 0 Å². The molecule has 0 aromatic rings. The molecule has 0 saturated heterocycles. The van der Waals surface area contributed by atoms with Crippen molar-refractivity contribution in [3.63, 3.8) is 0 Å². The van der Waals surface area contributed by atoms with Crippen LogP contribution in [0.15, 0.2) is 0 Å². The normalized spacial score (nSPS) is 54.1. The molecule has 3 aliphatic rings. The Morgan fingerprint density at radius 3 is 2.62 bits per heavy atom. The van der Waals surface area contributed by atoms with E-state index >= 15 is 0 Å². The molecule has 4 unspecified atom stereocenters. The second kappa shape index (κ2) is 2.91. The predicted molar refractivity (Wildman–Crippen MR) is 65.0 cm³/mol.